The number of hydrogen-bond donors (Lipinski definition) is 1. The first-order valence-electron chi connectivity index (χ1n) is 12.1. The van der Waals surface area contributed by atoms with Crippen LogP contribution < -0.4 is 9.62 Å². The second-order valence-electron chi connectivity index (χ2n) is 8.88. The molecule has 184 valence electrons. The van der Waals surface area contributed by atoms with Crippen LogP contribution in [0, 0.1) is 6.92 Å². The first-order chi connectivity index (χ1) is 17.0. The van der Waals surface area contributed by atoms with Gasteiger partial charge in [-0.2, -0.15) is 0 Å². The molecule has 0 saturated carbocycles. The Balaban J connectivity index is 1.41. The Morgan fingerprint density at radius 2 is 1.71 bits per heavy atom. The van der Waals surface area contributed by atoms with Crippen molar-refractivity contribution in [2.24, 2.45) is 0 Å². The zero-order chi connectivity index (χ0) is 24.8. The minimum Gasteiger partial charge on any atom is -0.367 e. The van der Waals surface area contributed by atoms with Gasteiger partial charge in [-0.15, -0.1) is 0 Å². The molecule has 0 aromatic heterocycles. The van der Waals surface area contributed by atoms with Crippen LogP contribution in [0.15, 0.2) is 71.6 Å². The van der Waals surface area contributed by atoms with Gasteiger partial charge in [0.05, 0.1) is 15.6 Å². The largest absolute Gasteiger partial charge is 0.367 e. The van der Waals surface area contributed by atoms with Gasteiger partial charge in [0, 0.05) is 37.4 Å². The second kappa shape index (κ2) is 11.7. The lowest BCUT2D eigenvalue weighted by atomic mass is 10.1. The van der Waals surface area contributed by atoms with Crippen molar-refractivity contribution in [3.8, 4) is 0 Å². The molecule has 3 aromatic carbocycles. The Morgan fingerprint density at radius 3 is 2.40 bits per heavy atom. The number of unbranched alkanes of at least 4 members (excludes halogenated alkanes) is 1. The third-order valence-corrected chi connectivity index (χ3v) is 7.82. The van der Waals surface area contributed by atoms with E-state index in [1.807, 2.05) is 60.4 Å². The van der Waals surface area contributed by atoms with E-state index >= 15 is 0 Å². The molecule has 1 aliphatic rings. The molecular formula is C28H32ClN3O2S. The molecule has 5 nitrogen and oxygen atoms in total. The highest BCUT2D eigenvalue weighted by atomic mass is 35.5. The van der Waals surface area contributed by atoms with Gasteiger partial charge < -0.3 is 14.5 Å². The standard InChI is InChI=1S/C28H32ClN3O2S/c1-3-4-7-22-11-13-23(14-12-22)30-35(34)24-15-10-21(2)25(20-24)28(33)32-18-16-31(17-19-32)27-9-6-5-8-26(27)29/h5-6,8-15,20,30H,3-4,7,16-19H2,1-2H3. The second-order valence-corrected chi connectivity index (χ2v) is 10.5. The maximum Gasteiger partial charge on any atom is 0.254 e. The highest BCUT2D eigenvalue weighted by molar-refractivity contribution is 7.86. The molecule has 1 atom stereocenters. The van der Waals surface area contributed by atoms with Gasteiger partial charge in [0.2, 0.25) is 0 Å². The van der Waals surface area contributed by atoms with Crippen molar-refractivity contribution in [3.63, 3.8) is 0 Å². The predicted octanol–water partition coefficient (Wildman–Crippen LogP) is 6.09. The van der Waals surface area contributed by atoms with E-state index in [1.54, 1.807) is 6.07 Å². The number of nitrogens with one attached hydrogen (secondary N) is 1. The maximum absolute atomic E-state index is 13.3. The molecule has 35 heavy (non-hydrogen) atoms. The molecule has 0 radical (unpaired) electrons. The van der Waals surface area contributed by atoms with E-state index in [2.05, 4.69) is 28.7 Å². The quantitative estimate of drug-likeness (QED) is 0.400. The van der Waals surface area contributed by atoms with Crippen LogP contribution in [0.1, 0.15) is 41.3 Å². The van der Waals surface area contributed by atoms with Gasteiger partial charge in [-0.1, -0.05) is 55.3 Å². The number of amides is 1. The number of hydrogen-bond acceptors (Lipinski definition) is 3. The Kier molecular flexibility index (Phi) is 8.47. The number of carbonyl (C=O) groups excluding carboxylic acids is 1. The van der Waals surface area contributed by atoms with E-state index in [0.717, 1.165) is 54.3 Å². The summed E-state index contributed by atoms with van der Waals surface area (Å²) in [5, 5.41) is 0.724. The Labute approximate surface area is 215 Å². The first kappa shape index (κ1) is 25.3. The molecule has 1 unspecified atom stereocenters. The summed E-state index contributed by atoms with van der Waals surface area (Å²) in [5.41, 5.74) is 4.55. The van der Waals surface area contributed by atoms with Crippen LogP contribution >= 0.6 is 11.6 Å². The third kappa shape index (κ3) is 6.24. The minimum atomic E-state index is -1.46. The van der Waals surface area contributed by atoms with E-state index in [-0.39, 0.29) is 5.91 Å². The third-order valence-electron chi connectivity index (χ3n) is 6.40. The number of para-hydroxylation sites is 1. The highest BCUT2D eigenvalue weighted by Gasteiger charge is 2.24. The van der Waals surface area contributed by atoms with Crippen molar-refractivity contribution in [3.05, 3.63) is 88.4 Å². The van der Waals surface area contributed by atoms with Crippen LogP contribution in [0.25, 0.3) is 0 Å². The van der Waals surface area contributed by atoms with E-state index in [9.17, 15) is 9.00 Å². The van der Waals surface area contributed by atoms with Crippen molar-refractivity contribution in [2.45, 2.75) is 38.0 Å². The lowest BCUT2D eigenvalue weighted by molar-refractivity contribution is 0.0746. The molecule has 1 N–H and O–H groups in total. The molecule has 1 amide bonds. The summed E-state index contributed by atoms with van der Waals surface area (Å²) < 4.78 is 16.1. The average molecular weight is 510 g/mol. The molecular weight excluding hydrogens is 478 g/mol. The van der Waals surface area contributed by atoms with Gasteiger partial charge in [0.15, 0.2) is 0 Å². The average Bonchev–Trinajstić information content (AvgIpc) is 2.88. The van der Waals surface area contributed by atoms with Crippen LogP contribution in [-0.4, -0.2) is 41.2 Å². The fourth-order valence-electron chi connectivity index (χ4n) is 4.26. The van der Waals surface area contributed by atoms with Crippen LogP contribution in [0.4, 0.5) is 11.4 Å². The highest BCUT2D eigenvalue weighted by Crippen LogP contribution is 2.27. The molecule has 1 aliphatic heterocycles. The van der Waals surface area contributed by atoms with Crippen LogP contribution in [0.2, 0.25) is 5.02 Å². The summed E-state index contributed by atoms with van der Waals surface area (Å²) in [4.78, 5) is 18.0. The Morgan fingerprint density at radius 1 is 1.00 bits per heavy atom. The molecule has 4 rings (SSSR count). The van der Waals surface area contributed by atoms with Gasteiger partial charge in [-0.05, 0) is 67.3 Å². The maximum atomic E-state index is 13.3. The monoisotopic (exact) mass is 509 g/mol. The molecule has 3 aromatic rings. The number of halogens is 1. The molecule has 7 heteroatoms. The van der Waals surface area contributed by atoms with Gasteiger partial charge in [0.25, 0.3) is 5.91 Å². The van der Waals surface area contributed by atoms with Gasteiger partial charge >= 0.3 is 0 Å². The fraction of sp³-hybridized carbons (Fsp3) is 0.321. The van der Waals surface area contributed by atoms with Gasteiger partial charge in [-0.3, -0.25) is 4.79 Å². The molecule has 0 bridgehead atoms. The lowest BCUT2D eigenvalue weighted by Gasteiger charge is -2.36. The summed E-state index contributed by atoms with van der Waals surface area (Å²) in [6.07, 6.45) is 3.37. The molecule has 0 aliphatic carbocycles. The van der Waals surface area contributed by atoms with Crippen LogP contribution in [0.5, 0.6) is 0 Å². The predicted molar refractivity (Wildman–Crippen MR) is 146 cm³/mol. The van der Waals surface area contributed by atoms with E-state index in [1.165, 1.54) is 5.56 Å². The van der Waals surface area contributed by atoms with Gasteiger partial charge in [-0.25, -0.2) is 4.21 Å². The number of rotatable bonds is 8. The number of aryl methyl sites for hydroxylation is 2. The molecule has 0 spiro atoms. The Bertz CT molecular complexity index is 1190. The zero-order valence-electron chi connectivity index (χ0n) is 20.3. The normalized spacial score (nSPS) is 14.6. The van der Waals surface area contributed by atoms with Gasteiger partial charge in [0.1, 0.15) is 11.0 Å². The molecule has 1 fully saturated rings. The summed E-state index contributed by atoms with van der Waals surface area (Å²) >= 11 is 6.35. The number of benzene rings is 3. The number of anilines is 2. The smallest absolute Gasteiger partial charge is 0.254 e. The summed E-state index contributed by atoms with van der Waals surface area (Å²) in [6.45, 7) is 6.76. The number of nitrogens with zero attached hydrogens (tertiary/aromatic N) is 2. The molecule has 1 heterocycles. The van der Waals surface area contributed by atoms with Crippen molar-refractivity contribution in [1.82, 2.24) is 4.90 Å². The number of carbonyl (C=O) groups is 1. The van der Waals surface area contributed by atoms with E-state index in [0.29, 0.717) is 23.5 Å². The van der Waals surface area contributed by atoms with E-state index in [4.69, 9.17) is 11.6 Å². The van der Waals surface area contributed by atoms with Crippen LogP contribution in [-0.2, 0) is 17.4 Å². The van der Waals surface area contributed by atoms with Crippen molar-refractivity contribution >= 4 is 39.9 Å². The SMILES string of the molecule is CCCCc1ccc(NS(=O)c2ccc(C)c(C(=O)N3CCN(c4ccccc4Cl)CC3)c2)cc1. The van der Waals surface area contributed by atoms with Crippen molar-refractivity contribution in [1.29, 1.82) is 0 Å². The van der Waals surface area contributed by atoms with Crippen molar-refractivity contribution in [2.75, 3.05) is 35.8 Å². The molecule has 1 saturated heterocycles. The van der Waals surface area contributed by atoms with E-state index < -0.39 is 11.0 Å². The zero-order valence-corrected chi connectivity index (χ0v) is 21.9. The summed E-state index contributed by atoms with van der Waals surface area (Å²) in [7, 11) is -1.46. The summed E-state index contributed by atoms with van der Waals surface area (Å²) in [6, 6.07) is 21.3. The Hall–Kier alpha value is -2.83. The first-order valence-corrected chi connectivity index (χ1v) is 13.7. The minimum absolute atomic E-state index is 0.0274. The number of piperazine rings is 1. The lowest BCUT2D eigenvalue weighted by Crippen LogP contribution is -2.49. The van der Waals surface area contributed by atoms with Crippen molar-refractivity contribution < 1.29 is 9.00 Å². The topological polar surface area (TPSA) is 52.7 Å². The summed E-state index contributed by atoms with van der Waals surface area (Å²) in [5.74, 6) is -0.0274. The fourth-order valence-corrected chi connectivity index (χ4v) is 5.40. The van der Waals surface area contributed by atoms with Crippen LogP contribution in [0.3, 0.4) is 0 Å².